The molecule has 1 aromatic heterocycles. The first-order valence-electron chi connectivity index (χ1n) is 9.57. The van der Waals surface area contributed by atoms with Gasteiger partial charge in [-0.1, -0.05) is 76.1 Å². The first-order chi connectivity index (χ1) is 14.5. The molecule has 0 spiro atoms. The fourth-order valence-corrected chi connectivity index (χ4v) is 3.73. The van der Waals surface area contributed by atoms with E-state index in [2.05, 4.69) is 26.2 Å². The first kappa shape index (κ1) is 20.0. The average Bonchev–Trinajstić information content (AvgIpc) is 2.76. The predicted octanol–water partition coefficient (Wildman–Crippen LogP) is 4.37. The Morgan fingerprint density at radius 3 is 2.47 bits per heavy atom. The van der Waals surface area contributed by atoms with Gasteiger partial charge in [0.05, 0.1) is 23.3 Å². The second-order valence-electron chi connectivity index (χ2n) is 7.16. The third kappa shape index (κ3) is 4.33. The van der Waals surface area contributed by atoms with Crippen LogP contribution in [0.1, 0.15) is 22.7 Å². The number of benzene rings is 3. The number of nitrogens with zero attached hydrogens (tertiary/aromatic N) is 2. The van der Waals surface area contributed by atoms with Crippen LogP contribution < -0.4 is 10.9 Å². The highest BCUT2D eigenvalue weighted by molar-refractivity contribution is 9.10. The molecule has 30 heavy (non-hydrogen) atoms. The SMILES string of the molecule is Cc1ccc(C(NC(=O)Cn2cnc3ccc(Br)cc3c2=O)c2ccccc2)cc1. The highest BCUT2D eigenvalue weighted by Gasteiger charge is 2.17. The fourth-order valence-electron chi connectivity index (χ4n) is 3.37. The van der Waals surface area contributed by atoms with Gasteiger partial charge >= 0.3 is 0 Å². The van der Waals surface area contributed by atoms with Gasteiger partial charge in [-0.15, -0.1) is 0 Å². The van der Waals surface area contributed by atoms with Crippen LogP contribution in [-0.4, -0.2) is 15.5 Å². The van der Waals surface area contributed by atoms with Crippen LogP contribution in [0.5, 0.6) is 0 Å². The van der Waals surface area contributed by atoms with Crippen molar-refractivity contribution >= 4 is 32.7 Å². The van der Waals surface area contributed by atoms with E-state index in [0.717, 1.165) is 21.2 Å². The van der Waals surface area contributed by atoms with Crippen molar-refractivity contribution in [1.29, 1.82) is 0 Å². The Kier molecular flexibility index (Phi) is 5.77. The quantitative estimate of drug-likeness (QED) is 0.479. The highest BCUT2D eigenvalue weighted by atomic mass is 79.9. The molecule has 0 saturated carbocycles. The van der Waals surface area contributed by atoms with Gasteiger partial charge in [0.15, 0.2) is 0 Å². The van der Waals surface area contributed by atoms with Gasteiger partial charge < -0.3 is 5.32 Å². The lowest BCUT2D eigenvalue weighted by molar-refractivity contribution is -0.122. The molecule has 1 amide bonds. The number of aryl methyl sites for hydroxylation is 1. The Morgan fingerprint density at radius 2 is 1.73 bits per heavy atom. The third-order valence-corrected chi connectivity index (χ3v) is 5.44. The summed E-state index contributed by atoms with van der Waals surface area (Å²) < 4.78 is 2.13. The average molecular weight is 462 g/mol. The van der Waals surface area contributed by atoms with Crippen molar-refractivity contribution < 1.29 is 4.79 Å². The van der Waals surface area contributed by atoms with Gasteiger partial charge in [0, 0.05) is 4.47 Å². The Bertz CT molecular complexity index is 1250. The Hall–Kier alpha value is -3.25. The molecular formula is C24H20BrN3O2. The molecule has 0 bridgehead atoms. The maximum absolute atomic E-state index is 12.9. The molecule has 0 fully saturated rings. The summed E-state index contributed by atoms with van der Waals surface area (Å²) in [5.41, 5.74) is 3.46. The fraction of sp³-hybridized carbons (Fsp3) is 0.125. The van der Waals surface area contributed by atoms with Gasteiger partial charge in [-0.25, -0.2) is 4.98 Å². The standard InChI is InChI=1S/C24H20BrN3O2/c1-16-7-9-18(10-8-16)23(17-5-3-2-4-6-17)27-22(29)14-28-15-26-21-12-11-19(25)13-20(21)24(28)30/h2-13,15,23H,14H2,1H3,(H,27,29). The number of carbonyl (C=O) groups excluding carboxylic acids is 1. The molecule has 0 aliphatic carbocycles. The van der Waals surface area contributed by atoms with Gasteiger partial charge in [0.2, 0.25) is 5.91 Å². The molecule has 0 radical (unpaired) electrons. The zero-order valence-electron chi connectivity index (χ0n) is 16.4. The number of nitrogens with one attached hydrogen (secondary N) is 1. The molecule has 150 valence electrons. The number of carbonyl (C=O) groups is 1. The van der Waals surface area contributed by atoms with Crippen molar-refractivity contribution in [3.05, 3.63) is 111 Å². The summed E-state index contributed by atoms with van der Waals surface area (Å²) in [6.07, 6.45) is 1.42. The van der Waals surface area contributed by atoms with Crippen LogP contribution in [0.15, 0.2) is 88.4 Å². The molecule has 6 heteroatoms. The number of hydrogen-bond acceptors (Lipinski definition) is 3. The Labute approximate surface area is 182 Å². The minimum atomic E-state index is -0.308. The molecule has 1 heterocycles. The third-order valence-electron chi connectivity index (χ3n) is 4.95. The molecular weight excluding hydrogens is 442 g/mol. The van der Waals surface area contributed by atoms with Crippen molar-refractivity contribution in [3.8, 4) is 0 Å². The second-order valence-corrected chi connectivity index (χ2v) is 8.08. The van der Waals surface area contributed by atoms with Crippen LogP contribution in [0.2, 0.25) is 0 Å². The molecule has 0 aliphatic rings. The molecule has 0 saturated heterocycles. The number of hydrogen-bond donors (Lipinski definition) is 1. The number of halogens is 1. The zero-order chi connectivity index (χ0) is 21.1. The highest BCUT2D eigenvalue weighted by Crippen LogP contribution is 2.22. The largest absolute Gasteiger partial charge is 0.344 e. The van der Waals surface area contributed by atoms with Crippen LogP contribution >= 0.6 is 15.9 Å². The molecule has 0 aliphatic heterocycles. The van der Waals surface area contributed by atoms with Crippen LogP contribution in [0.4, 0.5) is 0 Å². The van der Waals surface area contributed by atoms with Crippen LogP contribution in [0.25, 0.3) is 10.9 Å². The number of aromatic nitrogens is 2. The van der Waals surface area contributed by atoms with E-state index in [1.807, 2.05) is 67.6 Å². The minimum absolute atomic E-state index is 0.108. The Balaban J connectivity index is 1.62. The summed E-state index contributed by atoms with van der Waals surface area (Å²) in [5, 5.41) is 3.54. The van der Waals surface area contributed by atoms with Crippen LogP contribution in [0, 0.1) is 6.92 Å². The van der Waals surface area contributed by atoms with E-state index < -0.39 is 0 Å². The maximum atomic E-state index is 12.9. The van der Waals surface area contributed by atoms with Crippen molar-refractivity contribution in [3.63, 3.8) is 0 Å². The lowest BCUT2D eigenvalue weighted by Crippen LogP contribution is -2.35. The second kappa shape index (κ2) is 8.63. The Morgan fingerprint density at radius 1 is 1.03 bits per heavy atom. The maximum Gasteiger partial charge on any atom is 0.261 e. The molecule has 3 aromatic carbocycles. The minimum Gasteiger partial charge on any atom is -0.344 e. The molecule has 1 unspecified atom stereocenters. The van der Waals surface area contributed by atoms with Crippen LogP contribution in [-0.2, 0) is 11.3 Å². The van der Waals surface area contributed by atoms with Gasteiger partial charge in [-0.05, 0) is 36.2 Å². The van der Waals surface area contributed by atoms with Crippen molar-refractivity contribution in [2.75, 3.05) is 0 Å². The first-order valence-corrected chi connectivity index (χ1v) is 10.4. The topological polar surface area (TPSA) is 64.0 Å². The van der Waals surface area contributed by atoms with E-state index >= 15 is 0 Å². The predicted molar refractivity (Wildman–Crippen MR) is 121 cm³/mol. The van der Waals surface area contributed by atoms with E-state index in [9.17, 15) is 9.59 Å². The summed E-state index contributed by atoms with van der Waals surface area (Å²) in [7, 11) is 0. The van der Waals surface area contributed by atoms with E-state index in [1.165, 1.54) is 10.9 Å². The van der Waals surface area contributed by atoms with E-state index in [1.54, 1.807) is 12.1 Å². The number of fused-ring (bicyclic) bond motifs is 1. The molecule has 4 aromatic rings. The number of rotatable bonds is 5. The van der Waals surface area contributed by atoms with Crippen molar-refractivity contribution in [1.82, 2.24) is 14.9 Å². The summed E-state index contributed by atoms with van der Waals surface area (Å²) in [6.45, 7) is 1.92. The van der Waals surface area contributed by atoms with E-state index in [0.29, 0.717) is 10.9 Å². The molecule has 1 atom stereocenters. The summed E-state index contributed by atoms with van der Waals surface area (Å²) in [5.74, 6) is -0.261. The normalized spacial score (nSPS) is 11.9. The molecule has 4 rings (SSSR count). The zero-order valence-corrected chi connectivity index (χ0v) is 18.0. The lowest BCUT2D eigenvalue weighted by Gasteiger charge is -2.20. The lowest BCUT2D eigenvalue weighted by atomic mass is 9.98. The molecule has 5 nitrogen and oxygen atoms in total. The summed E-state index contributed by atoms with van der Waals surface area (Å²) >= 11 is 3.38. The summed E-state index contributed by atoms with van der Waals surface area (Å²) in [4.78, 5) is 30.0. The van der Waals surface area contributed by atoms with Gasteiger partial charge in [0.25, 0.3) is 5.56 Å². The van der Waals surface area contributed by atoms with Crippen molar-refractivity contribution in [2.45, 2.75) is 19.5 Å². The van der Waals surface area contributed by atoms with Gasteiger partial charge in [-0.3, -0.25) is 14.2 Å². The van der Waals surface area contributed by atoms with E-state index in [4.69, 9.17) is 0 Å². The van der Waals surface area contributed by atoms with Crippen molar-refractivity contribution in [2.24, 2.45) is 0 Å². The van der Waals surface area contributed by atoms with Gasteiger partial charge in [-0.2, -0.15) is 0 Å². The molecule has 1 N–H and O–H groups in total. The van der Waals surface area contributed by atoms with E-state index in [-0.39, 0.29) is 24.1 Å². The monoisotopic (exact) mass is 461 g/mol. The van der Waals surface area contributed by atoms with Gasteiger partial charge in [0.1, 0.15) is 6.54 Å². The number of amides is 1. The smallest absolute Gasteiger partial charge is 0.261 e. The van der Waals surface area contributed by atoms with Crippen LogP contribution in [0.3, 0.4) is 0 Å². The summed E-state index contributed by atoms with van der Waals surface area (Å²) in [6, 6.07) is 22.9.